The molecule has 3 rings (SSSR count). The number of piperidine rings is 1. The molecule has 134 valence electrons. The van der Waals surface area contributed by atoms with E-state index in [0.29, 0.717) is 5.56 Å². The van der Waals surface area contributed by atoms with Crippen LogP contribution in [0.2, 0.25) is 0 Å². The smallest absolute Gasteiger partial charge is 0.308 e. The van der Waals surface area contributed by atoms with E-state index >= 15 is 0 Å². The average molecular weight is 348 g/mol. The summed E-state index contributed by atoms with van der Waals surface area (Å²) in [7, 11) is 0. The number of benzene rings is 1. The van der Waals surface area contributed by atoms with Crippen molar-refractivity contribution in [2.75, 3.05) is 13.1 Å². The summed E-state index contributed by atoms with van der Waals surface area (Å²) in [6.07, 6.45) is 2.08. The molecule has 25 heavy (non-hydrogen) atoms. The Balaban J connectivity index is 1.77. The first-order valence-corrected chi connectivity index (χ1v) is 8.43. The molecule has 1 aromatic carbocycles. The molecule has 1 saturated heterocycles. The van der Waals surface area contributed by atoms with Crippen molar-refractivity contribution < 1.29 is 23.9 Å². The van der Waals surface area contributed by atoms with Gasteiger partial charge in [-0.2, -0.15) is 0 Å². The molecule has 0 aromatic heterocycles. The van der Waals surface area contributed by atoms with E-state index in [-0.39, 0.29) is 37.0 Å². The van der Waals surface area contributed by atoms with Crippen LogP contribution in [0.5, 0.6) is 0 Å². The van der Waals surface area contributed by atoms with Crippen molar-refractivity contribution >= 4 is 17.8 Å². The first-order valence-electron chi connectivity index (χ1n) is 8.43. The van der Waals surface area contributed by atoms with Gasteiger partial charge in [0.2, 0.25) is 5.91 Å². The Hall–Kier alpha value is -2.44. The Morgan fingerprint density at radius 1 is 1.20 bits per heavy atom. The number of carboxylic acids is 1. The molecule has 7 heteroatoms. The minimum absolute atomic E-state index is 0.0247. The predicted octanol–water partition coefficient (Wildman–Crippen LogP) is 1.58. The normalized spacial score (nSPS) is 23.2. The van der Waals surface area contributed by atoms with E-state index in [1.807, 2.05) is 0 Å². The summed E-state index contributed by atoms with van der Waals surface area (Å²) in [6, 6.07) is 4.36. The summed E-state index contributed by atoms with van der Waals surface area (Å²) in [5.41, 5.74) is 0.593. The SMILES string of the molecule is Cc1ccc(C(=O)N2C[C@@H](C(=O)O)C[C@H](C(=O)NC3CC3)C2)cc1F. The lowest BCUT2D eigenvalue weighted by Gasteiger charge is -2.35. The molecular formula is C18H21FN2O4. The van der Waals surface area contributed by atoms with Crippen molar-refractivity contribution in [3.05, 3.63) is 35.1 Å². The Bertz CT molecular complexity index is 717. The lowest BCUT2D eigenvalue weighted by atomic mass is 9.88. The molecule has 1 aliphatic heterocycles. The third-order valence-corrected chi connectivity index (χ3v) is 4.80. The highest BCUT2D eigenvalue weighted by Gasteiger charge is 2.38. The van der Waals surface area contributed by atoms with Gasteiger partial charge in [0, 0.05) is 24.7 Å². The van der Waals surface area contributed by atoms with Crippen LogP contribution in [0.15, 0.2) is 18.2 Å². The molecule has 2 atom stereocenters. The molecule has 1 saturated carbocycles. The molecule has 2 fully saturated rings. The number of amides is 2. The maximum Gasteiger partial charge on any atom is 0.308 e. The minimum atomic E-state index is -1.03. The number of carbonyl (C=O) groups is 3. The lowest BCUT2D eigenvalue weighted by Crippen LogP contribution is -2.50. The topological polar surface area (TPSA) is 86.7 Å². The fourth-order valence-electron chi connectivity index (χ4n) is 3.09. The number of halogens is 1. The van der Waals surface area contributed by atoms with Crippen molar-refractivity contribution in [2.45, 2.75) is 32.2 Å². The van der Waals surface area contributed by atoms with Gasteiger partial charge in [0.1, 0.15) is 5.82 Å². The summed E-state index contributed by atoms with van der Waals surface area (Å²) in [5, 5.41) is 12.2. The Labute approximate surface area is 145 Å². The number of nitrogens with zero attached hydrogens (tertiary/aromatic N) is 1. The molecule has 0 bridgehead atoms. The van der Waals surface area contributed by atoms with Crippen LogP contribution < -0.4 is 5.32 Å². The molecule has 1 aliphatic carbocycles. The van der Waals surface area contributed by atoms with Crippen LogP contribution in [0, 0.1) is 24.6 Å². The van der Waals surface area contributed by atoms with E-state index in [0.717, 1.165) is 18.9 Å². The van der Waals surface area contributed by atoms with Gasteiger partial charge in [-0.1, -0.05) is 6.07 Å². The highest BCUT2D eigenvalue weighted by Crippen LogP contribution is 2.26. The standard InChI is InChI=1S/C18H21FN2O4/c1-10-2-3-11(7-15(10)19)17(23)21-8-12(6-13(9-21)18(24)25)16(22)20-14-4-5-14/h2-3,7,12-14H,4-6,8-9H2,1H3,(H,20,22)(H,24,25)/t12-,13-/m0/s1. The Morgan fingerprint density at radius 3 is 2.48 bits per heavy atom. The molecule has 2 aliphatic rings. The number of nitrogens with one attached hydrogen (secondary N) is 1. The monoisotopic (exact) mass is 348 g/mol. The summed E-state index contributed by atoms with van der Waals surface area (Å²) in [4.78, 5) is 37.8. The zero-order chi connectivity index (χ0) is 18.1. The summed E-state index contributed by atoms with van der Waals surface area (Å²) < 4.78 is 13.7. The van der Waals surface area contributed by atoms with Crippen LogP contribution in [0.25, 0.3) is 0 Å². The molecule has 1 aromatic rings. The van der Waals surface area contributed by atoms with E-state index in [2.05, 4.69) is 5.32 Å². The van der Waals surface area contributed by atoms with Gasteiger partial charge in [-0.15, -0.1) is 0 Å². The van der Waals surface area contributed by atoms with E-state index in [4.69, 9.17) is 0 Å². The van der Waals surface area contributed by atoms with Crippen molar-refractivity contribution in [1.29, 1.82) is 0 Å². The zero-order valence-corrected chi connectivity index (χ0v) is 14.0. The van der Waals surface area contributed by atoms with Crippen molar-refractivity contribution in [3.63, 3.8) is 0 Å². The number of likely N-dealkylation sites (tertiary alicyclic amines) is 1. The second-order valence-corrected chi connectivity index (χ2v) is 6.92. The van der Waals surface area contributed by atoms with E-state index in [1.165, 1.54) is 17.0 Å². The molecule has 0 spiro atoms. The molecule has 1 heterocycles. The number of carboxylic acid groups (broad SMARTS) is 1. The van der Waals surface area contributed by atoms with Gasteiger partial charge in [-0.3, -0.25) is 14.4 Å². The third-order valence-electron chi connectivity index (χ3n) is 4.80. The van der Waals surface area contributed by atoms with E-state index in [9.17, 15) is 23.9 Å². The van der Waals surface area contributed by atoms with Gasteiger partial charge >= 0.3 is 5.97 Å². The predicted molar refractivity (Wildman–Crippen MR) is 87.4 cm³/mol. The van der Waals surface area contributed by atoms with Gasteiger partial charge in [0.15, 0.2) is 0 Å². The number of rotatable bonds is 4. The first kappa shape index (κ1) is 17.4. The molecule has 0 radical (unpaired) electrons. The maximum atomic E-state index is 13.7. The van der Waals surface area contributed by atoms with Crippen molar-refractivity contribution in [3.8, 4) is 0 Å². The van der Waals surface area contributed by atoms with Gasteiger partial charge < -0.3 is 15.3 Å². The van der Waals surface area contributed by atoms with E-state index in [1.54, 1.807) is 6.92 Å². The van der Waals surface area contributed by atoms with Crippen LogP contribution in [-0.2, 0) is 9.59 Å². The van der Waals surface area contributed by atoms with Crippen LogP contribution in [-0.4, -0.2) is 46.9 Å². The van der Waals surface area contributed by atoms with Crippen LogP contribution >= 0.6 is 0 Å². The highest BCUT2D eigenvalue weighted by atomic mass is 19.1. The number of aryl methyl sites for hydroxylation is 1. The molecule has 6 nitrogen and oxygen atoms in total. The zero-order valence-electron chi connectivity index (χ0n) is 14.0. The fourth-order valence-corrected chi connectivity index (χ4v) is 3.09. The van der Waals surface area contributed by atoms with Crippen molar-refractivity contribution in [1.82, 2.24) is 10.2 Å². The van der Waals surface area contributed by atoms with Gasteiger partial charge in [-0.25, -0.2) is 4.39 Å². The summed E-state index contributed by atoms with van der Waals surface area (Å²) >= 11 is 0. The van der Waals surface area contributed by atoms with Gasteiger partial charge in [-0.05, 0) is 43.9 Å². The van der Waals surface area contributed by atoms with Gasteiger partial charge in [0.25, 0.3) is 5.91 Å². The molecule has 0 unspecified atom stereocenters. The first-order chi connectivity index (χ1) is 11.8. The van der Waals surface area contributed by atoms with E-state index < -0.39 is 29.5 Å². The highest BCUT2D eigenvalue weighted by molar-refractivity contribution is 5.95. The van der Waals surface area contributed by atoms with Crippen molar-refractivity contribution in [2.24, 2.45) is 11.8 Å². The fraction of sp³-hybridized carbons (Fsp3) is 0.500. The van der Waals surface area contributed by atoms with Crippen LogP contribution in [0.4, 0.5) is 4.39 Å². The van der Waals surface area contributed by atoms with Gasteiger partial charge in [0.05, 0.1) is 11.8 Å². The van der Waals surface area contributed by atoms with Crippen LogP contribution in [0.3, 0.4) is 0 Å². The summed E-state index contributed by atoms with van der Waals surface area (Å²) in [5.74, 6) is -3.54. The average Bonchev–Trinajstić information content (AvgIpc) is 3.40. The van der Waals surface area contributed by atoms with Crippen LogP contribution in [0.1, 0.15) is 35.2 Å². The molecule has 2 N–H and O–H groups in total. The lowest BCUT2D eigenvalue weighted by molar-refractivity contribution is -0.144. The molecular weight excluding hydrogens is 327 g/mol. The summed E-state index contributed by atoms with van der Waals surface area (Å²) in [6.45, 7) is 1.77. The number of hydrogen-bond acceptors (Lipinski definition) is 3. The number of hydrogen-bond donors (Lipinski definition) is 2. The number of aliphatic carboxylic acids is 1. The largest absolute Gasteiger partial charge is 0.481 e. The number of carbonyl (C=O) groups excluding carboxylic acids is 2. The minimum Gasteiger partial charge on any atom is -0.481 e. The molecule has 2 amide bonds. The quantitative estimate of drug-likeness (QED) is 0.865. The Kier molecular flexibility index (Phi) is 4.74. The third kappa shape index (κ3) is 3.97. The second kappa shape index (κ2) is 6.82. The maximum absolute atomic E-state index is 13.7. The second-order valence-electron chi connectivity index (χ2n) is 6.92. The Morgan fingerprint density at radius 2 is 1.88 bits per heavy atom.